The highest BCUT2D eigenvalue weighted by Gasteiger charge is 2.28. The predicted octanol–water partition coefficient (Wildman–Crippen LogP) is 4.52. The van der Waals surface area contributed by atoms with E-state index in [1.165, 1.54) is 23.1 Å². The fraction of sp³-hybridized carbons (Fsp3) is 0.316. The molecule has 1 N–H and O–H groups in total. The second-order valence-electron chi connectivity index (χ2n) is 5.98. The smallest absolute Gasteiger partial charge is 0.410 e. The van der Waals surface area contributed by atoms with E-state index in [9.17, 15) is 14.9 Å². The first-order valence-electron chi connectivity index (χ1n) is 8.66. The molecule has 1 aromatic carbocycles. The lowest BCUT2D eigenvalue weighted by molar-refractivity contribution is -0.113. The van der Waals surface area contributed by atoms with Crippen molar-refractivity contribution in [3.8, 4) is 6.07 Å². The van der Waals surface area contributed by atoms with Gasteiger partial charge >= 0.3 is 6.09 Å². The summed E-state index contributed by atoms with van der Waals surface area (Å²) < 4.78 is 5.05. The zero-order valence-electron chi connectivity index (χ0n) is 15.2. The van der Waals surface area contributed by atoms with Gasteiger partial charge in [-0.1, -0.05) is 11.6 Å². The Balaban J connectivity index is 1.66. The minimum absolute atomic E-state index is 0.183. The van der Waals surface area contributed by atoms with Gasteiger partial charge in [0.25, 0.3) is 0 Å². The van der Waals surface area contributed by atoms with Crippen molar-refractivity contribution in [2.45, 2.75) is 24.8 Å². The van der Waals surface area contributed by atoms with E-state index in [1.807, 2.05) is 12.1 Å². The van der Waals surface area contributed by atoms with E-state index in [2.05, 4.69) is 11.4 Å². The number of hydrogen-bond acceptors (Lipinski definition) is 6. The molecule has 1 aliphatic rings. The molecule has 2 heterocycles. The minimum Gasteiger partial charge on any atom is -0.450 e. The average Bonchev–Trinajstić information content (AvgIpc) is 3.03. The van der Waals surface area contributed by atoms with Gasteiger partial charge in [-0.15, -0.1) is 23.1 Å². The summed E-state index contributed by atoms with van der Waals surface area (Å²) in [6.45, 7) is 2.98. The number of benzene rings is 1. The van der Waals surface area contributed by atoms with E-state index in [1.54, 1.807) is 24.0 Å². The maximum atomic E-state index is 12.3. The molecule has 0 radical (unpaired) electrons. The molecule has 2 amide bonds. The van der Waals surface area contributed by atoms with Crippen LogP contribution in [0, 0.1) is 11.3 Å². The minimum atomic E-state index is -0.356. The van der Waals surface area contributed by atoms with Crippen LogP contribution in [0.4, 0.5) is 9.80 Å². The van der Waals surface area contributed by atoms with Crippen molar-refractivity contribution in [1.29, 1.82) is 5.26 Å². The first kappa shape index (κ1) is 20.5. The van der Waals surface area contributed by atoms with Gasteiger partial charge in [0.15, 0.2) is 0 Å². The molecular weight excluding hydrogens is 418 g/mol. The van der Waals surface area contributed by atoms with Crippen LogP contribution in [-0.2, 0) is 22.5 Å². The lowest BCUT2D eigenvalue weighted by Gasteiger charge is -2.25. The molecule has 0 saturated heterocycles. The normalized spacial score (nSPS) is 12.8. The summed E-state index contributed by atoms with van der Waals surface area (Å²) in [4.78, 5) is 27.8. The van der Waals surface area contributed by atoms with Crippen LogP contribution in [-0.4, -0.2) is 35.8 Å². The Bertz CT molecular complexity index is 922. The van der Waals surface area contributed by atoms with E-state index in [0.717, 1.165) is 15.3 Å². The topological polar surface area (TPSA) is 82.4 Å². The Morgan fingerprint density at radius 2 is 2.14 bits per heavy atom. The molecule has 146 valence electrons. The molecule has 0 unspecified atom stereocenters. The Morgan fingerprint density at radius 1 is 1.39 bits per heavy atom. The highest BCUT2D eigenvalue weighted by atomic mass is 35.5. The summed E-state index contributed by atoms with van der Waals surface area (Å²) >= 11 is 8.61. The van der Waals surface area contributed by atoms with Crippen LogP contribution in [0.1, 0.15) is 22.9 Å². The molecule has 0 spiro atoms. The monoisotopic (exact) mass is 435 g/mol. The zero-order chi connectivity index (χ0) is 20.1. The van der Waals surface area contributed by atoms with Crippen molar-refractivity contribution in [2.24, 2.45) is 0 Å². The number of fused-ring (bicyclic) bond motifs is 1. The molecule has 3 rings (SSSR count). The summed E-state index contributed by atoms with van der Waals surface area (Å²) in [5, 5.41) is 13.6. The number of thiophene rings is 1. The summed E-state index contributed by atoms with van der Waals surface area (Å²) in [6, 6.07) is 9.46. The summed E-state index contributed by atoms with van der Waals surface area (Å²) in [7, 11) is 0. The Kier molecular flexibility index (Phi) is 6.83. The first-order valence-corrected chi connectivity index (χ1v) is 10.8. The van der Waals surface area contributed by atoms with Crippen molar-refractivity contribution in [3.63, 3.8) is 0 Å². The van der Waals surface area contributed by atoms with E-state index < -0.39 is 0 Å². The molecule has 0 atom stereocenters. The molecule has 0 aliphatic carbocycles. The molecule has 6 nitrogen and oxygen atoms in total. The van der Waals surface area contributed by atoms with Gasteiger partial charge in [-0.05, 0) is 43.2 Å². The standard InChI is InChI=1S/C19H18ClN3O3S2/c1-2-26-19(25)23-8-7-14-15(9-21)18(28-16(14)10-23)22-17(24)11-27-13-5-3-12(20)4-6-13/h3-6H,2,7-8,10-11H2,1H3,(H,22,24). The van der Waals surface area contributed by atoms with E-state index in [0.29, 0.717) is 41.7 Å². The van der Waals surface area contributed by atoms with Gasteiger partial charge in [-0.25, -0.2) is 4.79 Å². The van der Waals surface area contributed by atoms with Gasteiger partial charge < -0.3 is 15.0 Å². The number of nitrogens with zero attached hydrogens (tertiary/aromatic N) is 2. The third-order valence-electron chi connectivity index (χ3n) is 4.13. The lowest BCUT2D eigenvalue weighted by atomic mass is 10.0. The Hall–Kier alpha value is -2.21. The summed E-state index contributed by atoms with van der Waals surface area (Å²) in [6.07, 6.45) is 0.216. The van der Waals surface area contributed by atoms with Gasteiger partial charge in [-0.3, -0.25) is 4.79 Å². The molecule has 1 aliphatic heterocycles. The zero-order valence-corrected chi connectivity index (χ0v) is 17.5. The van der Waals surface area contributed by atoms with Gasteiger partial charge in [0.05, 0.1) is 24.5 Å². The Labute approximate surface area is 176 Å². The SMILES string of the molecule is CCOC(=O)N1CCc2c(sc(NC(=O)CSc3ccc(Cl)cc3)c2C#N)C1. The quantitative estimate of drug-likeness (QED) is 0.698. The van der Waals surface area contributed by atoms with Gasteiger partial charge in [0.1, 0.15) is 11.1 Å². The van der Waals surface area contributed by atoms with Crippen molar-refractivity contribution in [3.05, 3.63) is 45.3 Å². The van der Waals surface area contributed by atoms with Crippen LogP contribution in [0.3, 0.4) is 0 Å². The fourth-order valence-corrected chi connectivity index (χ4v) is 4.88. The molecule has 28 heavy (non-hydrogen) atoms. The number of halogens is 1. The Morgan fingerprint density at radius 3 is 2.82 bits per heavy atom. The van der Waals surface area contributed by atoms with E-state index >= 15 is 0 Å². The second kappa shape index (κ2) is 9.32. The van der Waals surface area contributed by atoms with Crippen molar-refractivity contribution in [1.82, 2.24) is 4.90 Å². The summed E-state index contributed by atoms with van der Waals surface area (Å²) in [5.41, 5.74) is 1.40. The van der Waals surface area contributed by atoms with E-state index in [4.69, 9.17) is 16.3 Å². The number of amides is 2. The second-order valence-corrected chi connectivity index (χ2v) is 8.57. The van der Waals surface area contributed by atoms with Crippen LogP contribution in [0.2, 0.25) is 5.02 Å². The highest BCUT2D eigenvalue weighted by molar-refractivity contribution is 8.00. The number of anilines is 1. The van der Waals surface area contributed by atoms with Crippen LogP contribution in [0.15, 0.2) is 29.2 Å². The predicted molar refractivity (Wildman–Crippen MR) is 111 cm³/mol. The fourth-order valence-electron chi connectivity index (χ4n) is 2.82. The van der Waals surface area contributed by atoms with Crippen LogP contribution < -0.4 is 5.32 Å². The molecule has 1 aromatic heterocycles. The van der Waals surface area contributed by atoms with Gasteiger partial charge in [0.2, 0.25) is 5.91 Å². The molecule has 0 fully saturated rings. The van der Waals surface area contributed by atoms with Crippen LogP contribution in [0.25, 0.3) is 0 Å². The highest BCUT2D eigenvalue weighted by Crippen LogP contribution is 2.37. The van der Waals surface area contributed by atoms with Gasteiger partial charge in [-0.2, -0.15) is 5.26 Å². The van der Waals surface area contributed by atoms with Crippen molar-refractivity contribution >= 4 is 51.7 Å². The number of ether oxygens (including phenoxy) is 1. The average molecular weight is 436 g/mol. The number of carbonyl (C=O) groups is 2. The third kappa shape index (κ3) is 4.79. The van der Waals surface area contributed by atoms with Crippen molar-refractivity contribution < 1.29 is 14.3 Å². The largest absolute Gasteiger partial charge is 0.450 e. The van der Waals surface area contributed by atoms with Crippen LogP contribution >= 0.6 is 34.7 Å². The maximum Gasteiger partial charge on any atom is 0.410 e. The number of nitriles is 1. The third-order valence-corrected chi connectivity index (χ3v) is 6.53. The van der Waals surface area contributed by atoms with Crippen molar-refractivity contribution in [2.75, 3.05) is 24.2 Å². The lowest BCUT2D eigenvalue weighted by Crippen LogP contribution is -2.35. The van der Waals surface area contributed by atoms with Gasteiger partial charge in [0, 0.05) is 21.3 Å². The molecule has 2 aromatic rings. The summed E-state index contributed by atoms with van der Waals surface area (Å²) in [5.74, 6) is 0.0431. The molecular formula is C19H18ClN3O3S2. The number of thioether (sulfide) groups is 1. The molecule has 0 saturated carbocycles. The molecule has 9 heteroatoms. The number of hydrogen-bond donors (Lipinski definition) is 1. The maximum absolute atomic E-state index is 12.3. The number of rotatable bonds is 5. The number of nitrogens with one attached hydrogen (secondary N) is 1. The van der Waals surface area contributed by atoms with E-state index in [-0.39, 0.29) is 17.8 Å². The molecule has 0 bridgehead atoms. The number of carbonyl (C=O) groups excluding carboxylic acids is 2. The first-order chi connectivity index (χ1) is 13.5. The van der Waals surface area contributed by atoms with Crippen LogP contribution in [0.5, 0.6) is 0 Å².